The van der Waals surface area contributed by atoms with Gasteiger partial charge in [-0.2, -0.15) is 5.10 Å². The van der Waals surface area contributed by atoms with Crippen molar-refractivity contribution < 1.29 is 4.74 Å². The Morgan fingerprint density at radius 3 is 2.74 bits per heavy atom. The molecule has 0 saturated carbocycles. The lowest BCUT2D eigenvalue weighted by atomic mass is 9.97. The van der Waals surface area contributed by atoms with Gasteiger partial charge in [0.2, 0.25) is 0 Å². The number of ether oxygens (including phenoxy) is 1. The molecule has 2 aromatic heterocycles. The lowest BCUT2D eigenvalue weighted by Crippen LogP contribution is -2.47. The lowest BCUT2D eigenvalue weighted by Gasteiger charge is -2.39. The second-order valence-corrected chi connectivity index (χ2v) is 8.69. The van der Waals surface area contributed by atoms with Crippen molar-refractivity contribution in [2.75, 3.05) is 19.7 Å². The van der Waals surface area contributed by atoms with Crippen LogP contribution in [0.4, 0.5) is 0 Å². The van der Waals surface area contributed by atoms with Gasteiger partial charge in [-0.05, 0) is 6.92 Å². The summed E-state index contributed by atoms with van der Waals surface area (Å²) in [5.41, 5.74) is 0.978. The molecular weight excluding hydrogens is 308 g/mol. The maximum atomic E-state index is 6.09. The van der Waals surface area contributed by atoms with Gasteiger partial charge in [0.15, 0.2) is 0 Å². The van der Waals surface area contributed by atoms with Crippen LogP contribution in [0.1, 0.15) is 43.1 Å². The summed E-state index contributed by atoms with van der Waals surface area (Å²) in [5.74, 6) is 0. The Hall–Kier alpha value is -1.24. The molecular formula is C17H26N4OS. The molecule has 1 aliphatic heterocycles. The minimum absolute atomic E-state index is 0.123. The van der Waals surface area contributed by atoms with Crippen LogP contribution in [0.25, 0.3) is 0 Å². The number of morpholine rings is 1. The molecule has 1 fully saturated rings. The Morgan fingerprint density at radius 2 is 2.13 bits per heavy atom. The third kappa shape index (κ3) is 3.65. The van der Waals surface area contributed by atoms with Crippen LogP contribution in [0.3, 0.4) is 0 Å². The van der Waals surface area contributed by atoms with Crippen LogP contribution in [0, 0.1) is 0 Å². The van der Waals surface area contributed by atoms with E-state index in [9.17, 15) is 0 Å². The minimum Gasteiger partial charge on any atom is -0.368 e. The van der Waals surface area contributed by atoms with Gasteiger partial charge in [-0.1, -0.05) is 20.8 Å². The summed E-state index contributed by atoms with van der Waals surface area (Å²) in [6, 6.07) is 0. The van der Waals surface area contributed by atoms with Crippen LogP contribution in [0.15, 0.2) is 18.6 Å². The van der Waals surface area contributed by atoms with Gasteiger partial charge in [-0.3, -0.25) is 9.58 Å². The molecule has 0 radical (unpaired) electrons. The number of hydrogen-bond acceptors (Lipinski definition) is 5. The maximum absolute atomic E-state index is 6.09. The molecule has 3 heterocycles. The van der Waals surface area contributed by atoms with Gasteiger partial charge < -0.3 is 4.74 Å². The van der Waals surface area contributed by atoms with E-state index in [1.165, 1.54) is 9.88 Å². The van der Waals surface area contributed by atoms with Crippen molar-refractivity contribution in [3.63, 3.8) is 0 Å². The Balaban J connectivity index is 1.70. The molecule has 2 aromatic rings. The number of aryl methyl sites for hydroxylation is 1. The summed E-state index contributed by atoms with van der Waals surface area (Å²) in [5, 5.41) is 5.49. The molecule has 0 aliphatic carbocycles. The number of rotatable bonds is 3. The fourth-order valence-corrected chi connectivity index (χ4v) is 3.92. The van der Waals surface area contributed by atoms with E-state index in [0.717, 1.165) is 31.8 Å². The van der Waals surface area contributed by atoms with E-state index in [1.807, 2.05) is 41.7 Å². The SMILES string of the molecule is Cn1cc(C2(C)CN(Cc3cnc(C(C)(C)C)s3)CCO2)cn1. The Bertz CT molecular complexity index is 672. The molecule has 5 nitrogen and oxygen atoms in total. The molecule has 0 amide bonds. The van der Waals surface area contributed by atoms with Gasteiger partial charge in [0.1, 0.15) is 5.60 Å². The van der Waals surface area contributed by atoms with Crippen molar-refractivity contribution >= 4 is 11.3 Å². The summed E-state index contributed by atoms with van der Waals surface area (Å²) >= 11 is 1.82. The molecule has 6 heteroatoms. The zero-order chi connectivity index (χ0) is 16.7. The highest BCUT2D eigenvalue weighted by molar-refractivity contribution is 7.11. The fourth-order valence-electron chi connectivity index (χ4n) is 2.90. The van der Waals surface area contributed by atoms with Gasteiger partial charge in [0, 0.05) is 54.9 Å². The van der Waals surface area contributed by atoms with Crippen molar-refractivity contribution in [2.24, 2.45) is 7.05 Å². The standard InChI is InChI=1S/C17H26N4OS/c1-16(2,3)15-18-9-14(23-15)11-21-6-7-22-17(4,12-21)13-8-19-20(5)10-13/h8-10H,6-7,11-12H2,1-5H3. The first-order valence-electron chi connectivity index (χ1n) is 8.07. The Morgan fingerprint density at radius 1 is 1.35 bits per heavy atom. The highest BCUT2D eigenvalue weighted by Crippen LogP contribution is 2.31. The van der Waals surface area contributed by atoms with Gasteiger partial charge in [-0.15, -0.1) is 11.3 Å². The molecule has 126 valence electrons. The van der Waals surface area contributed by atoms with Crippen molar-refractivity contribution in [3.05, 3.63) is 34.0 Å². The highest BCUT2D eigenvalue weighted by atomic mass is 32.1. The average Bonchev–Trinajstić information content (AvgIpc) is 3.07. The second-order valence-electron chi connectivity index (χ2n) is 7.57. The van der Waals surface area contributed by atoms with E-state index in [0.29, 0.717) is 0 Å². The van der Waals surface area contributed by atoms with E-state index >= 15 is 0 Å². The molecule has 0 spiro atoms. The van der Waals surface area contributed by atoms with Crippen LogP contribution in [0.5, 0.6) is 0 Å². The average molecular weight is 334 g/mol. The van der Waals surface area contributed by atoms with Crippen LogP contribution in [0.2, 0.25) is 0 Å². The molecule has 0 bridgehead atoms. The van der Waals surface area contributed by atoms with Crippen LogP contribution in [-0.4, -0.2) is 39.4 Å². The molecule has 1 aliphatic rings. The normalized spacial score (nSPS) is 23.3. The zero-order valence-electron chi connectivity index (χ0n) is 14.7. The van der Waals surface area contributed by atoms with Crippen LogP contribution >= 0.6 is 11.3 Å². The summed E-state index contributed by atoms with van der Waals surface area (Å²) in [6.07, 6.45) is 5.99. The topological polar surface area (TPSA) is 43.2 Å². The number of thiazole rings is 1. The van der Waals surface area contributed by atoms with Crippen molar-refractivity contribution in [2.45, 2.75) is 45.3 Å². The van der Waals surface area contributed by atoms with Crippen LogP contribution < -0.4 is 0 Å². The summed E-state index contributed by atoms with van der Waals surface area (Å²) in [6.45, 7) is 12.3. The van der Waals surface area contributed by atoms with Gasteiger partial charge >= 0.3 is 0 Å². The highest BCUT2D eigenvalue weighted by Gasteiger charge is 2.35. The van der Waals surface area contributed by atoms with Crippen molar-refractivity contribution in [1.29, 1.82) is 0 Å². The third-order valence-electron chi connectivity index (χ3n) is 4.24. The number of hydrogen-bond donors (Lipinski definition) is 0. The monoisotopic (exact) mass is 334 g/mol. The molecule has 0 N–H and O–H groups in total. The minimum atomic E-state index is -0.288. The maximum Gasteiger partial charge on any atom is 0.106 e. The van der Waals surface area contributed by atoms with Gasteiger partial charge in [-0.25, -0.2) is 4.98 Å². The zero-order valence-corrected chi connectivity index (χ0v) is 15.5. The van der Waals surface area contributed by atoms with Crippen molar-refractivity contribution in [3.8, 4) is 0 Å². The van der Waals surface area contributed by atoms with E-state index in [2.05, 4.69) is 42.7 Å². The largest absolute Gasteiger partial charge is 0.368 e. The van der Waals surface area contributed by atoms with E-state index in [4.69, 9.17) is 4.74 Å². The van der Waals surface area contributed by atoms with E-state index in [-0.39, 0.29) is 11.0 Å². The Labute approximate surface area is 142 Å². The van der Waals surface area contributed by atoms with Crippen LogP contribution in [-0.2, 0) is 29.3 Å². The van der Waals surface area contributed by atoms with E-state index < -0.39 is 0 Å². The molecule has 1 unspecified atom stereocenters. The predicted molar refractivity (Wildman–Crippen MR) is 92.6 cm³/mol. The number of aromatic nitrogens is 3. The molecule has 23 heavy (non-hydrogen) atoms. The second kappa shape index (κ2) is 6.00. The smallest absolute Gasteiger partial charge is 0.106 e. The fraction of sp³-hybridized carbons (Fsp3) is 0.647. The van der Waals surface area contributed by atoms with Gasteiger partial charge in [0.25, 0.3) is 0 Å². The van der Waals surface area contributed by atoms with Gasteiger partial charge in [0.05, 0.1) is 17.8 Å². The summed E-state index contributed by atoms with van der Waals surface area (Å²) < 4.78 is 7.92. The first-order chi connectivity index (χ1) is 10.8. The van der Waals surface area contributed by atoms with Crippen molar-refractivity contribution in [1.82, 2.24) is 19.7 Å². The molecule has 0 aromatic carbocycles. The summed E-state index contributed by atoms with van der Waals surface area (Å²) in [4.78, 5) is 8.38. The molecule has 1 saturated heterocycles. The summed E-state index contributed by atoms with van der Waals surface area (Å²) in [7, 11) is 1.94. The first kappa shape index (κ1) is 16.6. The van der Waals surface area contributed by atoms with E-state index in [1.54, 1.807) is 0 Å². The predicted octanol–water partition coefficient (Wildman–Crippen LogP) is 2.92. The lowest BCUT2D eigenvalue weighted by molar-refractivity contribution is -0.105. The molecule has 3 rings (SSSR count). The quantitative estimate of drug-likeness (QED) is 0.866. The first-order valence-corrected chi connectivity index (χ1v) is 8.88. The Kier molecular flexibility index (Phi) is 4.33. The number of nitrogens with zero attached hydrogens (tertiary/aromatic N) is 4. The third-order valence-corrected chi connectivity index (χ3v) is 5.65. The molecule has 1 atom stereocenters.